The van der Waals surface area contributed by atoms with Crippen LogP contribution in [0.1, 0.15) is 32.6 Å². The van der Waals surface area contributed by atoms with E-state index in [0.717, 1.165) is 12.8 Å². The van der Waals surface area contributed by atoms with Crippen LogP contribution >= 0.6 is 0 Å². The standard InChI is InChI=1S/C7H13NO2/c1-2-3-4-6(8)5-7(9)10/h8H,2-5H2,1H3,(H,9,10). The van der Waals surface area contributed by atoms with Crippen LogP contribution in [0.25, 0.3) is 0 Å². The average molecular weight is 143 g/mol. The maximum absolute atomic E-state index is 10.0. The number of carbonyl (C=O) groups is 1. The van der Waals surface area contributed by atoms with Crippen molar-refractivity contribution < 1.29 is 9.90 Å². The molecule has 0 aromatic carbocycles. The third kappa shape index (κ3) is 5.28. The minimum Gasteiger partial charge on any atom is -0.481 e. The average Bonchev–Trinajstić information content (AvgIpc) is 1.82. The number of carboxylic acid groups (broad SMARTS) is 1. The minimum absolute atomic E-state index is 0.0972. The second kappa shape index (κ2) is 4.97. The van der Waals surface area contributed by atoms with E-state index in [4.69, 9.17) is 10.5 Å². The van der Waals surface area contributed by atoms with E-state index < -0.39 is 5.97 Å². The molecule has 0 fully saturated rings. The molecule has 0 aliphatic rings. The summed E-state index contributed by atoms with van der Waals surface area (Å²) in [5.41, 5.74) is 0.328. The summed E-state index contributed by atoms with van der Waals surface area (Å²) in [7, 11) is 0. The summed E-state index contributed by atoms with van der Waals surface area (Å²) in [5.74, 6) is -0.902. The first kappa shape index (κ1) is 9.14. The zero-order chi connectivity index (χ0) is 7.98. The molecule has 0 saturated carbocycles. The highest BCUT2D eigenvalue weighted by Gasteiger charge is 2.01. The van der Waals surface area contributed by atoms with Crippen LogP contribution in [0.4, 0.5) is 0 Å². The molecule has 0 spiro atoms. The van der Waals surface area contributed by atoms with Gasteiger partial charge in [0.25, 0.3) is 0 Å². The van der Waals surface area contributed by atoms with Crippen LogP contribution in [-0.4, -0.2) is 16.8 Å². The van der Waals surface area contributed by atoms with Gasteiger partial charge >= 0.3 is 5.97 Å². The maximum Gasteiger partial charge on any atom is 0.309 e. The third-order valence-electron chi connectivity index (χ3n) is 1.20. The van der Waals surface area contributed by atoms with E-state index >= 15 is 0 Å². The number of carboxylic acids is 1. The fourth-order valence-corrected chi connectivity index (χ4v) is 0.661. The zero-order valence-corrected chi connectivity index (χ0v) is 6.18. The van der Waals surface area contributed by atoms with Crippen LogP contribution < -0.4 is 0 Å². The molecule has 0 rings (SSSR count). The van der Waals surface area contributed by atoms with Crippen molar-refractivity contribution >= 4 is 11.7 Å². The quantitative estimate of drug-likeness (QED) is 0.575. The molecule has 0 radical (unpaired) electrons. The van der Waals surface area contributed by atoms with Crippen molar-refractivity contribution in [2.24, 2.45) is 0 Å². The highest BCUT2D eigenvalue weighted by molar-refractivity contribution is 5.96. The van der Waals surface area contributed by atoms with E-state index in [1.807, 2.05) is 6.92 Å². The third-order valence-corrected chi connectivity index (χ3v) is 1.20. The monoisotopic (exact) mass is 143 g/mol. The smallest absolute Gasteiger partial charge is 0.309 e. The Balaban J connectivity index is 3.35. The van der Waals surface area contributed by atoms with Gasteiger partial charge in [-0.3, -0.25) is 4.79 Å². The van der Waals surface area contributed by atoms with Crippen LogP contribution in [0.5, 0.6) is 0 Å². The molecular weight excluding hydrogens is 130 g/mol. The van der Waals surface area contributed by atoms with Crippen molar-refractivity contribution in [2.45, 2.75) is 32.6 Å². The molecular formula is C7H13NO2. The SMILES string of the molecule is CCCCC(=N)CC(=O)O. The second-order valence-corrected chi connectivity index (χ2v) is 2.28. The molecule has 0 saturated heterocycles. The molecule has 0 aromatic heterocycles. The molecule has 0 bridgehead atoms. The van der Waals surface area contributed by atoms with Crippen LogP contribution in [0, 0.1) is 5.41 Å². The summed E-state index contributed by atoms with van der Waals surface area (Å²) in [6.45, 7) is 2.02. The molecule has 10 heavy (non-hydrogen) atoms. The number of hydrogen-bond acceptors (Lipinski definition) is 2. The summed E-state index contributed by atoms with van der Waals surface area (Å²) >= 11 is 0. The Labute approximate surface area is 60.6 Å². The lowest BCUT2D eigenvalue weighted by atomic mass is 10.1. The lowest BCUT2D eigenvalue weighted by Crippen LogP contribution is -2.04. The molecule has 2 N–H and O–H groups in total. The van der Waals surface area contributed by atoms with Gasteiger partial charge in [-0.25, -0.2) is 0 Å². The summed E-state index contributed by atoms with van der Waals surface area (Å²) < 4.78 is 0. The molecule has 0 heterocycles. The van der Waals surface area contributed by atoms with Crippen molar-refractivity contribution in [3.63, 3.8) is 0 Å². The van der Waals surface area contributed by atoms with Gasteiger partial charge in [0.1, 0.15) is 0 Å². The van der Waals surface area contributed by atoms with Crippen molar-refractivity contribution in [3.8, 4) is 0 Å². The first-order chi connectivity index (χ1) is 4.66. The van der Waals surface area contributed by atoms with E-state index in [1.54, 1.807) is 0 Å². The predicted octanol–water partition coefficient (Wildman–Crippen LogP) is 1.67. The molecule has 3 nitrogen and oxygen atoms in total. The van der Waals surface area contributed by atoms with Gasteiger partial charge in [-0.2, -0.15) is 0 Å². The van der Waals surface area contributed by atoms with Crippen molar-refractivity contribution in [3.05, 3.63) is 0 Å². The Morgan fingerprint density at radius 1 is 1.60 bits per heavy atom. The summed E-state index contributed by atoms with van der Waals surface area (Å²) in [4.78, 5) is 10.0. The number of aliphatic carboxylic acids is 1. The Morgan fingerprint density at radius 2 is 2.20 bits per heavy atom. The van der Waals surface area contributed by atoms with Crippen LogP contribution in [-0.2, 0) is 4.79 Å². The topological polar surface area (TPSA) is 61.2 Å². The first-order valence-corrected chi connectivity index (χ1v) is 3.45. The number of nitrogens with one attached hydrogen (secondary N) is 1. The van der Waals surface area contributed by atoms with Crippen LogP contribution in [0.3, 0.4) is 0 Å². The molecule has 0 unspecified atom stereocenters. The van der Waals surface area contributed by atoms with E-state index in [0.29, 0.717) is 12.1 Å². The molecule has 58 valence electrons. The van der Waals surface area contributed by atoms with Crippen LogP contribution in [0.2, 0.25) is 0 Å². The number of hydrogen-bond donors (Lipinski definition) is 2. The fraction of sp³-hybridized carbons (Fsp3) is 0.714. The van der Waals surface area contributed by atoms with Crippen molar-refractivity contribution in [2.75, 3.05) is 0 Å². The predicted molar refractivity (Wildman–Crippen MR) is 39.5 cm³/mol. The Morgan fingerprint density at radius 3 is 2.60 bits per heavy atom. The Bertz CT molecular complexity index is 132. The van der Waals surface area contributed by atoms with Gasteiger partial charge in [0.2, 0.25) is 0 Å². The second-order valence-electron chi connectivity index (χ2n) is 2.28. The molecule has 0 aliphatic carbocycles. The van der Waals surface area contributed by atoms with Crippen molar-refractivity contribution in [1.82, 2.24) is 0 Å². The number of unbranched alkanes of at least 4 members (excludes halogenated alkanes) is 1. The van der Waals surface area contributed by atoms with E-state index in [-0.39, 0.29) is 6.42 Å². The largest absolute Gasteiger partial charge is 0.481 e. The van der Waals surface area contributed by atoms with Gasteiger partial charge in [0.15, 0.2) is 0 Å². The lowest BCUT2D eigenvalue weighted by Gasteiger charge is -1.96. The van der Waals surface area contributed by atoms with Gasteiger partial charge in [0.05, 0.1) is 6.42 Å². The number of rotatable bonds is 5. The Hall–Kier alpha value is -0.860. The summed E-state index contributed by atoms with van der Waals surface area (Å²) in [5, 5.41) is 15.4. The summed E-state index contributed by atoms with van der Waals surface area (Å²) in [6, 6.07) is 0. The van der Waals surface area contributed by atoms with Gasteiger partial charge in [-0.1, -0.05) is 13.3 Å². The molecule has 0 atom stereocenters. The van der Waals surface area contributed by atoms with Crippen LogP contribution in [0.15, 0.2) is 0 Å². The fourth-order valence-electron chi connectivity index (χ4n) is 0.661. The Kier molecular flexibility index (Phi) is 4.54. The molecule has 0 aliphatic heterocycles. The normalized spacial score (nSPS) is 9.30. The first-order valence-electron chi connectivity index (χ1n) is 3.45. The zero-order valence-electron chi connectivity index (χ0n) is 6.18. The highest BCUT2D eigenvalue weighted by Crippen LogP contribution is 1.98. The maximum atomic E-state index is 10.0. The lowest BCUT2D eigenvalue weighted by molar-refractivity contribution is -0.135. The highest BCUT2D eigenvalue weighted by atomic mass is 16.4. The van der Waals surface area contributed by atoms with Gasteiger partial charge < -0.3 is 10.5 Å². The van der Waals surface area contributed by atoms with E-state index in [1.165, 1.54) is 0 Å². The van der Waals surface area contributed by atoms with Gasteiger partial charge in [-0.05, 0) is 12.8 Å². The molecule has 0 amide bonds. The van der Waals surface area contributed by atoms with E-state index in [2.05, 4.69) is 0 Å². The van der Waals surface area contributed by atoms with Crippen molar-refractivity contribution in [1.29, 1.82) is 5.41 Å². The minimum atomic E-state index is -0.902. The molecule has 3 heteroatoms. The summed E-state index contributed by atoms with van der Waals surface area (Å²) in [6.07, 6.45) is 2.47. The van der Waals surface area contributed by atoms with Gasteiger partial charge in [-0.15, -0.1) is 0 Å². The molecule has 0 aromatic rings. The van der Waals surface area contributed by atoms with E-state index in [9.17, 15) is 4.79 Å². The van der Waals surface area contributed by atoms with Gasteiger partial charge in [0, 0.05) is 5.71 Å².